The summed E-state index contributed by atoms with van der Waals surface area (Å²) >= 11 is 0. The van der Waals surface area contributed by atoms with Crippen molar-refractivity contribution in [2.24, 2.45) is 0 Å². The lowest BCUT2D eigenvalue weighted by atomic mass is 9.96. The van der Waals surface area contributed by atoms with Crippen molar-refractivity contribution in [2.75, 3.05) is 18.9 Å². The number of benzene rings is 1. The lowest BCUT2D eigenvalue weighted by Gasteiger charge is -2.27. The summed E-state index contributed by atoms with van der Waals surface area (Å²) in [6.07, 6.45) is -1.88. The summed E-state index contributed by atoms with van der Waals surface area (Å²) in [4.78, 5) is 27.6. The molecule has 1 aromatic heterocycles. The van der Waals surface area contributed by atoms with Crippen LogP contribution in [0.15, 0.2) is 47.4 Å². The molecule has 14 heteroatoms. The van der Waals surface area contributed by atoms with Crippen molar-refractivity contribution in [1.82, 2.24) is 14.6 Å². The summed E-state index contributed by atoms with van der Waals surface area (Å²) in [5.74, 6) is -0.163. The molecule has 1 aromatic carbocycles. The van der Waals surface area contributed by atoms with Gasteiger partial charge in [0, 0.05) is 18.7 Å². The van der Waals surface area contributed by atoms with Crippen LogP contribution in [0, 0.1) is 0 Å². The van der Waals surface area contributed by atoms with E-state index in [2.05, 4.69) is 10.1 Å². The maximum atomic E-state index is 13.7. The second kappa shape index (κ2) is 12.2. The Morgan fingerprint density at radius 2 is 2.05 bits per heavy atom. The monoisotopic (exact) mass is 540 g/mol. The normalized spacial score (nSPS) is 25.8. The molecule has 0 spiro atoms. The van der Waals surface area contributed by atoms with Crippen molar-refractivity contribution >= 4 is 19.5 Å². The zero-order valence-corrected chi connectivity index (χ0v) is 21.7. The number of ether oxygens (including phenoxy) is 2. The molecule has 6 atom stereocenters. The van der Waals surface area contributed by atoms with Gasteiger partial charge in [-0.3, -0.25) is 13.9 Å². The van der Waals surface area contributed by atoms with Crippen LogP contribution in [0.4, 0.5) is 5.82 Å². The van der Waals surface area contributed by atoms with Crippen molar-refractivity contribution in [3.8, 4) is 5.75 Å². The molecule has 13 nitrogen and oxygen atoms in total. The third-order valence-electron chi connectivity index (χ3n) is 5.56. The molecule has 0 radical (unpaired) electrons. The van der Waals surface area contributed by atoms with Crippen molar-refractivity contribution in [3.05, 3.63) is 53.1 Å². The van der Waals surface area contributed by atoms with Gasteiger partial charge in [0.25, 0.3) is 0 Å². The van der Waals surface area contributed by atoms with E-state index in [1.165, 1.54) is 19.2 Å². The molecule has 0 aliphatic carbocycles. The van der Waals surface area contributed by atoms with Gasteiger partial charge >= 0.3 is 19.4 Å². The number of aliphatic hydroxyl groups is 2. The van der Waals surface area contributed by atoms with E-state index < -0.39 is 50.1 Å². The highest BCUT2D eigenvalue weighted by molar-refractivity contribution is 7.52. The van der Waals surface area contributed by atoms with E-state index in [0.29, 0.717) is 6.42 Å². The highest BCUT2D eigenvalue weighted by Gasteiger charge is 2.54. The van der Waals surface area contributed by atoms with Gasteiger partial charge in [-0.05, 0) is 38.5 Å². The third kappa shape index (κ3) is 7.37. The predicted molar refractivity (Wildman–Crippen MR) is 133 cm³/mol. The highest BCUT2D eigenvalue weighted by Crippen LogP contribution is 2.46. The molecule has 2 aromatic rings. The number of anilines is 1. The molecule has 1 fully saturated rings. The van der Waals surface area contributed by atoms with Crippen molar-refractivity contribution in [3.63, 3.8) is 0 Å². The summed E-state index contributed by atoms with van der Waals surface area (Å²) in [6.45, 7) is 4.20. The highest BCUT2D eigenvalue weighted by atomic mass is 31.2. The van der Waals surface area contributed by atoms with E-state index in [1.807, 2.05) is 6.92 Å². The standard InChI is InChI=1S/C23H33N4O9P/c1-4-8-19(28)33-13-15(2)26-37(32,36-16-9-6-5-7-10-16)34-14-17-20(29)23(3,31)21(35-17)27-12-11-18(24)25-22(27)30/h5-7,9-12,15,17,20-21,29,31H,4,8,13-14H2,1-3H3,(H,26,32)(H2,24,25,30)/t15-,17+,20+,21+,23+,37?/m0/s1. The molecule has 5 N–H and O–H groups in total. The van der Waals surface area contributed by atoms with Crippen LogP contribution >= 0.6 is 7.75 Å². The third-order valence-corrected chi connectivity index (χ3v) is 7.26. The molecular formula is C23H33N4O9P. The van der Waals surface area contributed by atoms with Crippen molar-refractivity contribution < 1.29 is 38.1 Å². The number of aliphatic hydroxyl groups excluding tert-OH is 1. The summed E-state index contributed by atoms with van der Waals surface area (Å²) in [5, 5.41) is 24.3. The SMILES string of the molecule is CCCC(=O)OC[C@H](C)NP(=O)(OC[C@H]1O[C@@H](n2ccc(N)nc2=O)[C@](C)(O)[C@@H]1O)Oc1ccccc1. The molecule has 204 valence electrons. The molecule has 2 heterocycles. The zero-order valence-electron chi connectivity index (χ0n) is 20.9. The number of aromatic nitrogens is 2. The number of hydrogen-bond acceptors (Lipinski definition) is 11. The van der Waals surface area contributed by atoms with Crippen LogP contribution < -0.4 is 21.0 Å². The van der Waals surface area contributed by atoms with Gasteiger partial charge in [0.1, 0.15) is 36.0 Å². The molecule has 37 heavy (non-hydrogen) atoms. The Labute approximate surface area is 214 Å². The van der Waals surface area contributed by atoms with E-state index in [0.717, 1.165) is 4.57 Å². The molecule has 3 rings (SSSR count). The molecule has 1 aliphatic rings. The minimum atomic E-state index is -4.11. The lowest BCUT2D eigenvalue weighted by molar-refractivity contribution is -0.144. The van der Waals surface area contributed by atoms with Gasteiger partial charge in [0.05, 0.1) is 6.61 Å². The Morgan fingerprint density at radius 3 is 2.70 bits per heavy atom. The van der Waals surface area contributed by atoms with Crippen molar-refractivity contribution in [1.29, 1.82) is 0 Å². The number of nitrogens with two attached hydrogens (primary N) is 1. The molecule has 0 saturated carbocycles. The van der Waals surface area contributed by atoms with Gasteiger partial charge in [0.15, 0.2) is 6.23 Å². The molecule has 1 saturated heterocycles. The van der Waals surface area contributed by atoms with Crippen LogP contribution in [0.1, 0.15) is 39.8 Å². The van der Waals surface area contributed by atoms with Gasteiger partial charge in [-0.1, -0.05) is 25.1 Å². The lowest BCUT2D eigenvalue weighted by Crippen LogP contribution is -2.46. The molecule has 0 amide bonds. The summed E-state index contributed by atoms with van der Waals surface area (Å²) in [7, 11) is -4.11. The second-order valence-corrected chi connectivity index (χ2v) is 10.6. The summed E-state index contributed by atoms with van der Waals surface area (Å²) < 4.78 is 36.8. The number of nitrogen functional groups attached to an aromatic ring is 1. The first-order valence-electron chi connectivity index (χ1n) is 11.8. The van der Waals surface area contributed by atoms with Crippen LogP contribution in [0.5, 0.6) is 5.75 Å². The molecule has 1 aliphatic heterocycles. The number of carbonyl (C=O) groups is 1. The fraction of sp³-hybridized carbons (Fsp3) is 0.522. The Kier molecular flexibility index (Phi) is 9.46. The zero-order chi connectivity index (χ0) is 27.2. The number of esters is 1. The first kappa shape index (κ1) is 28.8. The summed E-state index contributed by atoms with van der Waals surface area (Å²) in [5.41, 5.74) is 2.81. The smallest absolute Gasteiger partial charge is 0.459 e. The molecular weight excluding hydrogens is 507 g/mol. The van der Waals surface area contributed by atoms with E-state index in [1.54, 1.807) is 37.3 Å². The topological polar surface area (TPSA) is 184 Å². The largest absolute Gasteiger partial charge is 0.464 e. The Morgan fingerprint density at radius 1 is 1.35 bits per heavy atom. The second-order valence-electron chi connectivity index (χ2n) is 8.90. The predicted octanol–water partition coefficient (Wildman–Crippen LogP) is 1.36. The fourth-order valence-corrected chi connectivity index (χ4v) is 5.20. The fourth-order valence-electron chi connectivity index (χ4n) is 3.67. The Balaban J connectivity index is 1.74. The van der Waals surface area contributed by atoms with Crippen LogP contribution in [0.25, 0.3) is 0 Å². The van der Waals surface area contributed by atoms with Gasteiger partial charge < -0.3 is 29.9 Å². The minimum absolute atomic E-state index is 0.0149. The van der Waals surface area contributed by atoms with Gasteiger partial charge in [-0.2, -0.15) is 4.98 Å². The number of hydrogen-bond donors (Lipinski definition) is 4. The maximum Gasteiger partial charge on any atom is 0.459 e. The van der Waals surface area contributed by atoms with E-state index in [9.17, 15) is 24.4 Å². The molecule has 1 unspecified atom stereocenters. The van der Waals surface area contributed by atoms with Crippen LogP contribution in [0.3, 0.4) is 0 Å². The van der Waals surface area contributed by atoms with Gasteiger partial charge in [-0.15, -0.1) is 0 Å². The maximum absolute atomic E-state index is 13.7. The average Bonchev–Trinajstić information content (AvgIpc) is 3.06. The molecule has 0 bridgehead atoms. The van der Waals surface area contributed by atoms with E-state index in [4.69, 9.17) is 24.3 Å². The quantitative estimate of drug-likeness (QED) is 0.224. The number of nitrogens with one attached hydrogen (secondary N) is 1. The summed E-state index contributed by atoms with van der Waals surface area (Å²) in [6, 6.07) is 8.98. The first-order valence-corrected chi connectivity index (χ1v) is 13.3. The Bertz CT molecular complexity index is 1160. The minimum Gasteiger partial charge on any atom is -0.464 e. The van der Waals surface area contributed by atoms with Crippen LogP contribution in [-0.4, -0.2) is 62.8 Å². The number of rotatable bonds is 12. The average molecular weight is 541 g/mol. The van der Waals surface area contributed by atoms with Crippen LogP contribution in [-0.2, 0) is 23.4 Å². The van der Waals surface area contributed by atoms with Gasteiger partial charge in [-0.25, -0.2) is 14.4 Å². The van der Waals surface area contributed by atoms with Crippen LogP contribution in [0.2, 0.25) is 0 Å². The first-order chi connectivity index (χ1) is 17.4. The van der Waals surface area contributed by atoms with Gasteiger partial charge in [0.2, 0.25) is 0 Å². The van der Waals surface area contributed by atoms with E-state index >= 15 is 0 Å². The number of carbonyl (C=O) groups excluding carboxylic acids is 1. The Hall–Kier alpha value is -2.80. The van der Waals surface area contributed by atoms with E-state index in [-0.39, 0.29) is 30.6 Å². The number of para-hydroxylation sites is 1. The van der Waals surface area contributed by atoms with Crippen molar-refractivity contribution in [2.45, 2.75) is 63.7 Å². The number of nitrogens with zero attached hydrogens (tertiary/aromatic N) is 2.